The summed E-state index contributed by atoms with van der Waals surface area (Å²) >= 11 is 0.933. The monoisotopic (exact) mass is 329 g/mol. The highest BCUT2D eigenvalue weighted by atomic mass is 32.2. The van der Waals surface area contributed by atoms with Gasteiger partial charge < -0.3 is 5.32 Å². The second kappa shape index (κ2) is 6.83. The summed E-state index contributed by atoms with van der Waals surface area (Å²) in [6.07, 6.45) is 0. The van der Waals surface area contributed by atoms with Crippen LogP contribution in [-0.2, 0) is 4.79 Å². The molecule has 0 bridgehead atoms. The van der Waals surface area contributed by atoms with Crippen LogP contribution < -0.4 is 5.32 Å². The third kappa shape index (κ3) is 3.59. The van der Waals surface area contributed by atoms with E-state index in [1.165, 1.54) is 25.1 Å². The zero-order valence-electron chi connectivity index (χ0n) is 11.4. The molecule has 0 aliphatic rings. The van der Waals surface area contributed by atoms with E-state index in [1.54, 1.807) is 6.07 Å². The molecule has 1 amide bonds. The van der Waals surface area contributed by atoms with Crippen molar-refractivity contribution >= 4 is 23.4 Å². The zero-order valence-corrected chi connectivity index (χ0v) is 12.2. The predicted octanol–water partition coefficient (Wildman–Crippen LogP) is 4.36. The number of halogens is 4. The van der Waals surface area contributed by atoms with E-state index in [-0.39, 0.29) is 4.90 Å². The summed E-state index contributed by atoms with van der Waals surface area (Å²) in [5.41, 5.74) is -0.468. The van der Waals surface area contributed by atoms with E-state index in [9.17, 15) is 22.4 Å². The molecule has 7 heteroatoms. The minimum atomic E-state index is -1.66. The van der Waals surface area contributed by atoms with Crippen molar-refractivity contribution in [3.63, 3.8) is 0 Å². The van der Waals surface area contributed by atoms with Gasteiger partial charge in [-0.2, -0.15) is 0 Å². The number of thioether (sulfide) groups is 1. The van der Waals surface area contributed by atoms with Crippen LogP contribution in [0.1, 0.15) is 6.92 Å². The van der Waals surface area contributed by atoms with E-state index >= 15 is 0 Å². The van der Waals surface area contributed by atoms with Crippen molar-refractivity contribution in [1.82, 2.24) is 0 Å². The Morgan fingerprint density at radius 3 is 2.36 bits per heavy atom. The number of amides is 1. The van der Waals surface area contributed by atoms with Crippen molar-refractivity contribution in [2.45, 2.75) is 17.1 Å². The number of carbonyl (C=O) groups excluding carboxylic acids is 1. The summed E-state index contributed by atoms with van der Waals surface area (Å²) in [6, 6.07) is 7.52. The van der Waals surface area contributed by atoms with Gasteiger partial charge in [0.25, 0.3) is 0 Å². The van der Waals surface area contributed by atoms with Crippen LogP contribution in [-0.4, -0.2) is 11.2 Å². The van der Waals surface area contributed by atoms with Crippen molar-refractivity contribution < 1.29 is 22.4 Å². The molecule has 1 atom stereocenters. The van der Waals surface area contributed by atoms with Gasteiger partial charge in [-0.25, -0.2) is 17.6 Å². The Balaban J connectivity index is 2.09. The van der Waals surface area contributed by atoms with Gasteiger partial charge in [0.15, 0.2) is 17.5 Å². The van der Waals surface area contributed by atoms with Crippen LogP contribution in [0.5, 0.6) is 0 Å². The third-order valence-corrected chi connectivity index (χ3v) is 3.96. The first-order valence-electron chi connectivity index (χ1n) is 6.25. The Bertz CT molecular complexity index is 708. The lowest BCUT2D eigenvalue weighted by molar-refractivity contribution is -0.115. The van der Waals surface area contributed by atoms with Crippen molar-refractivity contribution in [2.24, 2.45) is 0 Å². The first kappa shape index (κ1) is 16.4. The minimum absolute atomic E-state index is 0.260. The molecule has 2 nitrogen and oxygen atoms in total. The van der Waals surface area contributed by atoms with Gasteiger partial charge in [0, 0.05) is 4.90 Å². The highest BCUT2D eigenvalue weighted by molar-refractivity contribution is 8.00. The minimum Gasteiger partial charge on any atom is -0.323 e. The number of hydrogen-bond acceptors (Lipinski definition) is 2. The van der Waals surface area contributed by atoms with Crippen LogP contribution in [0.25, 0.3) is 0 Å². The molecule has 2 rings (SSSR count). The molecule has 0 saturated heterocycles. The first-order valence-corrected chi connectivity index (χ1v) is 7.13. The molecule has 2 aromatic rings. The smallest absolute Gasteiger partial charge is 0.237 e. The van der Waals surface area contributed by atoms with Crippen LogP contribution in [0, 0.1) is 23.3 Å². The number of benzene rings is 2. The molecular formula is C15H11F4NOS. The van der Waals surface area contributed by atoms with Crippen LogP contribution >= 0.6 is 11.8 Å². The summed E-state index contributed by atoms with van der Waals surface area (Å²) in [6.45, 7) is 1.49. The maximum Gasteiger partial charge on any atom is 0.237 e. The molecule has 1 unspecified atom stereocenters. The molecule has 0 aliphatic heterocycles. The fourth-order valence-electron chi connectivity index (χ4n) is 1.64. The molecule has 116 valence electrons. The van der Waals surface area contributed by atoms with Crippen LogP contribution in [0.3, 0.4) is 0 Å². The van der Waals surface area contributed by atoms with Gasteiger partial charge in [0.05, 0.1) is 10.9 Å². The highest BCUT2D eigenvalue weighted by Gasteiger charge is 2.20. The van der Waals surface area contributed by atoms with E-state index in [0.717, 1.165) is 17.8 Å². The lowest BCUT2D eigenvalue weighted by atomic mass is 10.2. The number of rotatable bonds is 4. The number of anilines is 1. The van der Waals surface area contributed by atoms with Crippen molar-refractivity contribution in [2.75, 3.05) is 5.32 Å². The molecule has 0 saturated carbocycles. The molecular weight excluding hydrogens is 318 g/mol. The molecule has 1 N–H and O–H groups in total. The van der Waals surface area contributed by atoms with Gasteiger partial charge >= 0.3 is 0 Å². The fourth-order valence-corrected chi connectivity index (χ4v) is 2.53. The van der Waals surface area contributed by atoms with E-state index in [1.807, 2.05) is 0 Å². The van der Waals surface area contributed by atoms with E-state index in [4.69, 9.17) is 0 Å². The van der Waals surface area contributed by atoms with Gasteiger partial charge in [0.1, 0.15) is 5.82 Å². The number of hydrogen-bond donors (Lipinski definition) is 1. The van der Waals surface area contributed by atoms with Crippen LogP contribution in [0.15, 0.2) is 41.3 Å². The summed E-state index contributed by atoms with van der Waals surface area (Å²) in [5, 5.41) is 1.39. The first-order chi connectivity index (χ1) is 10.4. The van der Waals surface area contributed by atoms with Gasteiger partial charge in [-0.3, -0.25) is 4.79 Å². The lowest BCUT2D eigenvalue weighted by Gasteiger charge is -2.13. The standard InChI is InChI=1S/C15H11F4NOS/c1-8(22-12-5-3-2-4-9(12)16)15(21)20-11-7-6-10(17)13(18)14(11)19/h2-8H,1H3,(H,20,21). The Labute approximate surface area is 128 Å². The predicted molar refractivity (Wildman–Crippen MR) is 76.7 cm³/mol. The zero-order chi connectivity index (χ0) is 16.3. The van der Waals surface area contributed by atoms with E-state index in [0.29, 0.717) is 6.07 Å². The van der Waals surface area contributed by atoms with Gasteiger partial charge in [0.2, 0.25) is 5.91 Å². The Morgan fingerprint density at radius 2 is 1.68 bits per heavy atom. The largest absolute Gasteiger partial charge is 0.323 e. The Hall–Kier alpha value is -2.02. The molecule has 0 spiro atoms. The van der Waals surface area contributed by atoms with Crippen molar-refractivity contribution in [3.8, 4) is 0 Å². The third-order valence-electron chi connectivity index (χ3n) is 2.80. The lowest BCUT2D eigenvalue weighted by Crippen LogP contribution is -2.23. The molecule has 0 heterocycles. The normalized spacial score (nSPS) is 12.0. The van der Waals surface area contributed by atoms with Gasteiger partial charge in [-0.1, -0.05) is 12.1 Å². The van der Waals surface area contributed by atoms with E-state index < -0.39 is 40.1 Å². The maximum absolute atomic E-state index is 13.5. The molecule has 0 aromatic heterocycles. The Kier molecular flexibility index (Phi) is 5.07. The molecule has 0 aliphatic carbocycles. The van der Waals surface area contributed by atoms with Crippen LogP contribution in [0.2, 0.25) is 0 Å². The summed E-state index contributed by atoms with van der Waals surface area (Å²) < 4.78 is 52.9. The number of carbonyl (C=O) groups is 1. The summed E-state index contributed by atoms with van der Waals surface area (Å²) in [7, 11) is 0. The van der Waals surface area contributed by atoms with Gasteiger partial charge in [-0.15, -0.1) is 11.8 Å². The quantitative estimate of drug-likeness (QED) is 0.513. The van der Waals surface area contributed by atoms with Crippen LogP contribution in [0.4, 0.5) is 23.2 Å². The van der Waals surface area contributed by atoms with Crippen molar-refractivity contribution in [1.29, 1.82) is 0 Å². The molecule has 2 aromatic carbocycles. The molecule has 0 fully saturated rings. The van der Waals surface area contributed by atoms with Gasteiger partial charge in [-0.05, 0) is 31.2 Å². The second-order valence-electron chi connectivity index (χ2n) is 4.40. The maximum atomic E-state index is 13.5. The average Bonchev–Trinajstić information content (AvgIpc) is 2.50. The average molecular weight is 329 g/mol. The van der Waals surface area contributed by atoms with E-state index in [2.05, 4.69) is 5.32 Å². The summed E-state index contributed by atoms with van der Waals surface area (Å²) in [4.78, 5) is 12.2. The van der Waals surface area contributed by atoms with Crippen molar-refractivity contribution in [3.05, 3.63) is 59.7 Å². The molecule has 22 heavy (non-hydrogen) atoms. The number of nitrogens with one attached hydrogen (secondary N) is 1. The second-order valence-corrected chi connectivity index (χ2v) is 5.79. The fraction of sp³-hybridized carbons (Fsp3) is 0.133. The SMILES string of the molecule is CC(Sc1ccccc1F)C(=O)Nc1ccc(F)c(F)c1F. The summed E-state index contributed by atoms with van der Waals surface area (Å²) in [5.74, 6) is -5.61. The molecule has 0 radical (unpaired) electrons. The topological polar surface area (TPSA) is 29.1 Å². The Morgan fingerprint density at radius 1 is 1.00 bits per heavy atom. The highest BCUT2D eigenvalue weighted by Crippen LogP contribution is 2.27.